The molecule has 6 rings (SSSR count). The lowest BCUT2D eigenvalue weighted by molar-refractivity contribution is 0.339. The second kappa shape index (κ2) is 6.73. The molecular weight excluding hydrogens is 373 g/mol. The number of benzene rings is 3. The maximum Gasteiger partial charge on any atom is 0.141 e. The first kappa shape index (κ1) is 14.0. The molecular formula is C27H24FNO. The van der Waals surface area contributed by atoms with Crippen molar-refractivity contribution in [2.75, 3.05) is 0 Å². The van der Waals surface area contributed by atoms with Gasteiger partial charge in [0.15, 0.2) is 0 Å². The third-order valence-electron chi connectivity index (χ3n) is 6.38. The molecule has 0 spiro atoms. The summed E-state index contributed by atoms with van der Waals surface area (Å²) in [5, 5.41) is 5.04. The first-order valence-corrected chi connectivity index (χ1v) is 10.4. The second-order valence-corrected chi connectivity index (χ2v) is 8.26. The van der Waals surface area contributed by atoms with Crippen molar-refractivity contribution < 1.29 is 14.3 Å². The topological polar surface area (TPSA) is 25.2 Å². The molecule has 1 fully saturated rings. The van der Waals surface area contributed by atoms with Gasteiger partial charge < -0.3 is 9.73 Å². The monoisotopic (exact) mass is 401 g/mol. The number of alkyl halides is 1. The van der Waals surface area contributed by atoms with Crippen LogP contribution in [-0.2, 0) is 0 Å². The molecule has 1 aliphatic carbocycles. The van der Waals surface area contributed by atoms with Crippen LogP contribution >= 0.6 is 0 Å². The van der Waals surface area contributed by atoms with Gasteiger partial charge in [-0.2, -0.15) is 0 Å². The molecule has 4 aromatic rings. The summed E-state index contributed by atoms with van der Waals surface area (Å²) in [6, 6.07) is 16.6. The summed E-state index contributed by atoms with van der Waals surface area (Å²) in [5.74, 6) is -0.907. The van der Waals surface area contributed by atoms with Crippen molar-refractivity contribution in [3.8, 4) is 0 Å². The standard InChI is InChI=1S/C27H24FNO/c1-16-12-23-22-4-2-3-5-25(22)30-27(23)24(13-16)26-21-9-7-17(14-19(21)10-11-29-26)18-6-8-20(28)15-18/h2-5,7,9-14,18,20,26,29H,6,8,15H2,1H3/i1D3,18D. The van der Waals surface area contributed by atoms with Crippen LogP contribution in [0, 0.1) is 6.85 Å². The van der Waals surface area contributed by atoms with Crippen molar-refractivity contribution in [2.45, 2.75) is 44.2 Å². The van der Waals surface area contributed by atoms with E-state index in [-0.39, 0.29) is 18.0 Å². The summed E-state index contributed by atoms with van der Waals surface area (Å²) in [5.41, 5.74) is 5.12. The van der Waals surface area contributed by atoms with Crippen molar-refractivity contribution in [3.63, 3.8) is 0 Å². The van der Waals surface area contributed by atoms with Crippen LogP contribution in [0.4, 0.5) is 4.39 Å². The zero-order chi connectivity index (χ0) is 23.7. The number of para-hydroxylation sites is 1. The summed E-state index contributed by atoms with van der Waals surface area (Å²) in [4.78, 5) is 0. The first-order chi connectivity index (χ1) is 16.2. The van der Waals surface area contributed by atoms with Crippen molar-refractivity contribution >= 4 is 28.0 Å². The summed E-state index contributed by atoms with van der Waals surface area (Å²) >= 11 is 0. The number of fused-ring (bicyclic) bond motifs is 4. The van der Waals surface area contributed by atoms with E-state index < -0.39 is 18.9 Å². The van der Waals surface area contributed by atoms with E-state index in [1.165, 1.54) is 0 Å². The van der Waals surface area contributed by atoms with Crippen LogP contribution in [0.2, 0.25) is 0 Å². The number of hydrogen-bond donors (Lipinski definition) is 1. The van der Waals surface area contributed by atoms with Gasteiger partial charge in [-0.05, 0) is 84.7 Å². The molecule has 1 N–H and O–H groups in total. The molecule has 3 heteroatoms. The van der Waals surface area contributed by atoms with Gasteiger partial charge in [-0.25, -0.2) is 4.39 Å². The molecule has 0 amide bonds. The molecule has 1 aliphatic heterocycles. The minimum atomic E-state index is -2.26. The van der Waals surface area contributed by atoms with Gasteiger partial charge in [-0.15, -0.1) is 0 Å². The van der Waals surface area contributed by atoms with E-state index in [1.807, 2.05) is 54.7 Å². The number of aryl methyl sites for hydroxylation is 1. The van der Waals surface area contributed by atoms with Gasteiger partial charge in [0.05, 0.1) is 6.04 Å². The molecule has 2 nitrogen and oxygen atoms in total. The molecule has 2 aliphatic rings. The third-order valence-corrected chi connectivity index (χ3v) is 6.38. The summed E-state index contributed by atoms with van der Waals surface area (Å²) < 4.78 is 53.1. The predicted octanol–water partition coefficient (Wildman–Crippen LogP) is 7.16. The van der Waals surface area contributed by atoms with Crippen molar-refractivity contribution in [3.05, 3.63) is 88.6 Å². The average molecular weight is 402 g/mol. The van der Waals surface area contributed by atoms with Crippen LogP contribution in [-0.4, -0.2) is 6.17 Å². The van der Waals surface area contributed by atoms with Crippen LogP contribution in [0.5, 0.6) is 0 Å². The summed E-state index contributed by atoms with van der Waals surface area (Å²) in [6.07, 6.45) is 4.02. The summed E-state index contributed by atoms with van der Waals surface area (Å²) in [7, 11) is 0. The smallest absolute Gasteiger partial charge is 0.141 e. The van der Waals surface area contributed by atoms with Crippen molar-refractivity contribution in [2.24, 2.45) is 0 Å². The molecule has 1 saturated carbocycles. The SMILES string of the molecule is [2H]C([2H])([2H])c1cc(C2NC=Cc3cc(C4([2H])CCC(F)C4)ccc32)c2oc3ccccc3c2c1. The van der Waals surface area contributed by atoms with Crippen LogP contribution in [0.3, 0.4) is 0 Å². The number of rotatable bonds is 2. The molecule has 30 heavy (non-hydrogen) atoms. The molecule has 0 saturated heterocycles. The fourth-order valence-corrected chi connectivity index (χ4v) is 4.92. The number of furan rings is 1. The van der Waals surface area contributed by atoms with Gasteiger partial charge >= 0.3 is 0 Å². The Balaban J connectivity index is 1.53. The quantitative estimate of drug-likeness (QED) is 0.385. The van der Waals surface area contributed by atoms with E-state index in [9.17, 15) is 4.39 Å². The Hall–Kier alpha value is -3.07. The maximum atomic E-state index is 13.9. The molecule has 150 valence electrons. The molecule has 3 unspecified atom stereocenters. The Morgan fingerprint density at radius 1 is 1.07 bits per heavy atom. The fraction of sp³-hybridized carbons (Fsp3) is 0.259. The molecule has 0 bridgehead atoms. The minimum Gasteiger partial charge on any atom is -0.456 e. The van der Waals surface area contributed by atoms with E-state index in [0.717, 1.165) is 33.0 Å². The van der Waals surface area contributed by atoms with Gasteiger partial charge in [-0.3, -0.25) is 0 Å². The van der Waals surface area contributed by atoms with Gasteiger partial charge in [0.1, 0.15) is 17.3 Å². The van der Waals surface area contributed by atoms with E-state index in [1.54, 1.807) is 12.1 Å². The highest BCUT2D eigenvalue weighted by atomic mass is 19.1. The highest BCUT2D eigenvalue weighted by molar-refractivity contribution is 6.06. The fourth-order valence-electron chi connectivity index (χ4n) is 4.92. The van der Waals surface area contributed by atoms with Crippen LogP contribution in [0.1, 0.15) is 64.5 Å². The normalized spacial score (nSPS) is 27.9. The van der Waals surface area contributed by atoms with Crippen molar-refractivity contribution in [1.82, 2.24) is 5.32 Å². The van der Waals surface area contributed by atoms with Gasteiger partial charge in [-0.1, -0.05) is 36.4 Å². The lowest BCUT2D eigenvalue weighted by Gasteiger charge is -2.26. The largest absolute Gasteiger partial charge is 0.456 e. The molecule has 2 heterocycles. The number of nitrogens with one attached hydrogen (secondary N) is 1. The third kappa shape index (κ3) is 2.76. The highest BCUT2D eigenvalue weighted by Gasteiger charge is 2.28. The zero-order valence-corrected chi connectivity index (χ0v) is 16.4. The Morgan fingerprint density at radius 3 is 2.87 bits per heavy atom. The van der Waals surface area contributed by atoms with Gasteiger partial charge in [0.2, 0.25) is 0 Å². The van der Waals surface area contributed by atoms with Crippen LogP contribution in [0.25, 0.3) is 28.0 Å². The summed E-state index contributed by atoms with van der Waals surface area (Å²) in [6.45, 7) is -2.26. The van der Waals surface area contributed by atoms with E-state index in [2.05, 4.69) is 5.32 Å². The Kier molecular flexibility index (Phi) is 3.15. The molecule has 0 radical (unpaired) electrons. The Morgan fingerprint density at radius 2 is 2.00 bits per heavy atom. The molecule has 3 aromatic carbocycles. The lowest BCUT2D eigenvalue weighted by Crippen LogP contribution is -2.21. The number of hydrogen-bond acceptors (Lipinski definition) is 2. The predicted molar refractivity (Wildman–Crippen MR) is 120 cm³/mol. The first-order valence-electron chi connectivity index (χ1n) is 12.4. The van der Waals surface area contributed by atoms with E-state index in [4.69, 9.17) is 9.90 Å². The van der Waals surface area contributed by atoms with E-state index >= 15 is 0 Å². The molecule has 3 atom stereocenters. The van der Waals surface area contributed by atoms with Crippen LogP contribution < -0.4 is 5.32 Å². The second-order valence-electron chi connectivity index (χ2n) is 8.26. The zero-order valence-electron chi connectivity index (χ0n) is 20.4. The molecule has 1 aromatic heterocycles. The maximum absolute atomic E-state index is 13.9. The van der Waals surface area contributed by atoms with Crippen molar-refractivity contribution in [1.29, 1.82) is 0 Å². The number of halogens is 1. The Labute approximate surface area is 181 Å². The Bertz CT molecular complexity index is 1460. The van der Waals surface area contributed by atoms with Gasteiger partial charge in [0.25, 0.3) is 0 Å². The van der Waals surface area contributed by atoms with Crippen LogP contribution in [0.15, 0.2) is 65.2 Å². The van der Waals surface area contributed by atoms with Gasteiger partial charge in [0, 0.05) is 21.8 Å². The minimum absolute atomic E-state index is 0.220. The van der Waals surface area contributed by atoms with E-state index in [0.29, 0.717) is 24.0 Å². The average Bonchev–Trinajstić information content (AvgIpc) is 3.37. The highest BCUT2D eigenvalue weighted by Crippen LogP contribution is 2.41. The lowest BCUT2D eigenvalue weighted by atomic mass is 9.87.